The van der Waals surface area contributed by atoms with Gasteiger partial charge in [-0.3, -0.25) is 14.0 Å². The number of carbonyl (C=O) groups excluding carboxylic acids is 2. The number of halogens is 2. The summed E-state index contributed by atoms with van der Waals surface area (Å²) in [7, 11) is 1.62. The maximum Gasteiger partial charge on any atom is 0.239 e. The quantitative estimate of drug-likeness (QED) is 0.373. The first-order chi connectivity index (χ1) is 15.4. The number of rotatable bonds is 7. The summed E-state index contributed by atoms with van der Waals surface area (Å²) >= 11 is 11.0. The van der Waals surface area contributed by atoms with Gasteiger partial charge in [0.1, 0.15) is 0 Å². The van der Waals surface area contributed by atoms with E-state index in [0.29, 0.717) is 11.6 Å². The number of imidazole rings is 1. The highest BCUT2D eigenvalue weighted by atomic mass is 79.9. The number of nitrogens with one attached hydrogen (secondary N) is 1. The minimum atomic E-state index is -0.234. The highest BCUT2D eigenvalue weighted by Gasteiger charge is 2.16. The number of benzene rings is 2. The molecule has 32 heavy (non-hydrogen) atoms. The molecule has 4 rings (SSSR count). The topological polar surface area (TPSA) is 66.7 Å². The molecule has 0 unspecified atom stereocenters. The third-order valence-electron chi connectivity index (χ3n) is 4.98. The molecular formula is C23H20BrClN4O2S. The number of nitrogens with zero attached hydrogens (tertiary/aromatic N) is 3. The zero-order valence-electron chi connectivity index (χ0n) is 17.2. The van der Waals surface area contributed by atoms with Gasteiger partial charge in [-0.15, -0.1) is 11.3 Å². The number of carbonyl (C=O) groups is 2. The summed E-state index contributed by atoms with van der Waals surface area (Å²) in [6.45, 7) is 0.293. The van der Waals surface area contributed by atoms with Gasteiger partial charge in [-0.25, -0.2) is 4.98 Å². The van der Waals surface area contributed by atoms with Gasteiger partial charge in [-0.1, -0.05) is 51.8 Å². The van der Waals surface area contributed by atoms with Crippen molar-refractivity contribution in [2.24, 2.45) is 0 Å². The van der Waals surface area contributed by atoms with Crippen LogP contribution in [0.15, 0.2) is 64.6 Å². The molecule has 164 valence electrons. The van der Waals surface area contributed by atoms with Crippen LogP contribution in [0.25, 0.3) is 16.2 Å². The van der Waals surface area contributed by atoms with Crippen LogP contribution >= 0.6 is 38.9 Å². The lowest BCUT2D eigenvalue weighted by molar-refractivity contribution is -0.134. The van der Waals surface area contributed by atoms with Gasteiger partial charge in [0.15, 0.2) is 4.96 Å². The summed E-state index contributed by atoms with van der Waals surface area (Å²) < 4.78 is 3.06. The van der Waals surface area contributed by atoms with Gasteiger partial charge in [0.2, 0.25) is 11.8 Å². The van der Waals surface area contributed by atoms with Crippen LogP contribution < -0.4 is 5.32 Å². The van der Waals surface area contributed by atoms with E-state index in [1.807, 2.05) is 34.7 Å². The Hall–Kier alpha value is -2.68. The van der Waals surface area contributed by atoms with Crippen molar-refractivity contribution in [3.63, 3.8) is 0 Å². The lowest BCUT2D eigenvalue weighted by atomic mass is 10.1. The van der Waals surface area contributed by atoms with Gasteiger partial charge in [0.25, 0.3) is 0 Å². The Labute approximate surface area is 203 Å². The van der Waals surface area contributed by atoms with E-state index in [2.05, 4.69) is 31.6 Å². The van der Waals surface area contributed by atoms with Crippen LogP contribution in [0.2, 0.25) is 5.02 Å². The summed E-state index contributed by atoms with van der Waals surface area (Å²) in [5, 5.41) is 5.53. The van der Waals surface area contributed by atoms with Crippen LogP contribution in [0.4, 0.5) is 0 Å². The summed E-state index contributed by atoms with van der Waals surface area (Å²) in [5.74, 6) is -0.383. The third-order valence-corrected chi connectivity index (χ3v) is 6.58. The lowest BCUT2D eigenvalue weighted by Gasteiger charge is -2.17. The molecule has 0 spiro atoms. The molecule has 2 heterocycles. The minimum absolute atomic E-state index is 0.0233. The van der Waals surface area contributed by atoms with E-state index in [9.17, 15) is 9.59 Å². The van der Waals surface area contributed by atoms with Crippen molar-refractivity contribution in [2.45, 2.75) is 13.0 Å². The Morgan fingerprint density at radius 2 is 2.00 bits per heavy atom. The monoisotopic (exact) mass is 530 g/mol. The van der Waals surface area contributed by atoms with Gasteiger partial charge in [-0.05, 0) is 35.4 Å². The second kappa shape index (κ2) is 9.85. The SMILES string of the molecule is CN(CC(=O)NCc1cnc2scc(-c3ccc(Br)cc3)n12)C(=O)Cc1cccc(Cl)c1. The van der Waals surface area contributed by atoms with Gasteiger partial charge in [0, 0.05) is 21.9 Å². The predicted molar refractivity (Wildman–Crippen MR) is 131 cm³/mol. The maximum absolute atomic E-state index is 12.5. The summed E-state index contributed by atoms with van der Waals surface area (Å²) in [5.41, 5.74) is 3.78. The molecule has 0 aliphatic carbocycles. The fourth-order valence-electron chi connectivity index (χ4n) is 3.32. The molecule has 2 aromatic heterocycles. The predicted octanol–water partition coefficient (Wildman–Crippen LogP) is 4.80. The molecule has 0 atom stereocenters. The molecule has 0 aliphatic heterocycles. The van der Waals surface area contributed by atoms with E-state index >= 15 is 0 Å². The highest BCUT2D eigenvalue weighted by Crippen LogP contribution is 2.28. The average Bonchev–Trinajstić information content (AvgIpc) is 3.35. The number of hydrogen-bond donors (Lipinski definition) is 1. The molecule has 0 fully saturated rings. The first-order valence-corrected chi connectivity index (χ1v) is 11.9. The van der Waals surface area contributed by atoms with Crippen LogP contribution in [0.1, 0.15) is 11.3 Å². The second-order valence-electron chi connectivity index (χ2n) is 7.33. The average molecular weight is 532 g/mol. The standard InChI is InChI=1S/C23H20BrClN4O2S/c1-28(22(31)10-15-3-2-4-18(25)9-15)13-21(30)26-11-19-12-27-23-29(19)20(14-32-23)16-5-7-17(24)8-6-16/h2-9,12,14H,10-11,13H2,1H3,(H,26,30). The molecule has 0 radical (unpaired) electrons. The fourth-order valence-corrected chi connectivity index (χ4v) is 4.69. The lowest BCUT2D eigenvalue weighted by Crippen LogP contribution is -2.38. The molecule has 2 aromatic carbocycles. The maximum atomic E-state index is 12.5. The first-order valence-electron chi connectivity index (χ1n) is 9.85. The van der Waals surface area contributed by atoms with Crippen molar-refractivity contribution in [2.75, 3.05) is 13.6 Å². The summed E-state index contributed by atoms with van der Waals surface area (Å²) in [6, 6.07) is 15.2. The van der Waals surface area contributed by atoms with E-state index < -0.39 is 0 Å². The van der Waals surface area contributed by atoms with E-state index in [-0.39, 0.29) is 24.8 Å². The summed E-state index contributed by atoms with van der Waals surface area (Å²) in [6.07, 6.45) is 1.96. The van der Waals surface area contributed by atoms with E-state index in [1.54, 1.807) is 42.8 Å². The fraction of sp³-hybridized carbons (Fsp3) is 0.174. The molecule has 0 bridgehead atoms. The van der Waals surface area contributed by atoms with Gasteiger partial charge in [0.05, 0.1) is 37.1 Å². The zero-order valence-corrected chi connectivity index (χ0v) is 20.4. The van der Waals surface area contributed by atoms with Crippen molar-refractivity contribution < 1.29 is 9.59 Å². The van der Waals surface area contributed by atoms with Crippen molar-refractivity contribution in [3.05, 3.63) is 80.9 Å². The Bertz CT molecular complexity index is 1270. The number of fused-ring (bicyclic) bond motifs is 1. The zero-order chi connectivity index (χ0) is 22.7. The smallest absolute Gasteiger partial charge is 0.239 e. The molecular weight excluding hydrogens is 512 g/mol. The Balaban J connectivity index is 1.38. The number of aromatic nitrogens is 2. The molecule has 2 amide bonds. The van der Waals surface area contributed by atoms with Crippen LogP contribution in [0, 0.1) is 0 Å². The van der Waals surface area contributed by atoms with Crippen molar-refractivity contribution in [1.29, 1.82) is 0 Å². The van der Waals surface area contributed by atoms with Crippen LogP contribution in [-0.2, 0) is 22.6 Å². The molecule has 0 aliphatic rings. The van der Waals surface area contributed by atoms with Crippen molar-refractivity contribution in [3.8, 4) is 11.3 Å². The normalized spacial score (nSPS) is 11.0. The van der Waals surface area contributed by atoms with Gasteiger partial charge in [-0.2, -0.15) is 0 Å². The Morgan fingerprint density at radius 3 is 2.75 bits per heavy atom. The molecule has 1 N–H and O–H groups in total. The number of hydrogen-bond acceptors (Lipinski definition) is 4. The van der Waals surface area contributed by atoms with E-state index in [4.69, 9.17) is 11.6 Å². The molecule has 6 nitrogen and oxygen atoms in total. The summed E-state index contributed by atoms with van der Waals surface area (Å²) in [4.78, 5) is 31.6. The third kappa shape index (κ3) is 5.20. The number of thiazole rings is 1. The van der Waals surface area contributed by atoms with Crippen molar-refractivity contribution in [1.82, 2.24) is 19.6 Å². The molecule has 9 heteroatoms. The first kappa shape index (κ1) is 22.5. The van der Waals surface area contributed by atoms with Crippen LogP contribution in [0.3, 0.4) is 0 Å². The highest BCUT2D eigenvalue weighted by molar-refractivity contribution is 9.10. The second-order valence-corrected chi connectivity index (χ2v) is 9.52. The number of amides is 2. The largest absolute Gasteiger partial charge is 0.349 e. The Kier molecular flexibility index (Phi) is 6.93. The van der Waals surface area contributed by atoms with Crippen LogP contribution in [-0.4, -0.2) is 39.7 Å². The van der Waals surface area contributed by atoms with E-state index in [1.165, 1.54) is 4.90 Å². The van der Waals surface area contributed by atoms with Gasteiger partial charge < -0.3 is 10.2 Å². The van der Waals surface area contributed by atoms with E-state index in [0.717, 1.165) is 31.9 Å². The minimum Gasteiger partial charge on any atom is -0.349 e. The molecule has 0 saturated carbocycles. The van der Waals surface area contributed by atoms with Crippen molar-refractivity contribution >= 4 is 55.6 Å². The number of likely N-dealkylation sites (N-methyl/N-ethyl adjacent to an activating group) is 1. The van der Waals surface area contributed by atoms with Crippen LogP contribution in [0.5, 0.6) is 0 Å². The molecule has 4 aromatic rings. The molecule has 0 saturated heterocycles. The van der Waals surface area contributed by atoms with Gasteiger partial charge >= 0.3 is 0 Å². The Morgan fingerprint density at radius 1 is 1.22 bits per heavy atom.